The lowest BCUT2D eigenvalue weighted by Gasteiger charge is -1.73. The Balaban J connectivity index is 2.59. The first-order valence-corrected chi connectivity index (χ1v) is 3.31. The minimum absolute atomic E-state index is 0.603. The maximum absolute atomic E-state index is 10.3. The largest absolute Gasteiger partial charge is 0.255 e. The molecule has 0 aliphatic carbocycles. The molecule has 1 rings (SSSR count). The molecule has 2 heteroatoms. The van der Waals surface area contributed by atoms with Gasteiger partial charge in [-0.15, -0.1) is 0 Å². The van der Waals surface area contributed by atoms with Gasteiger partial charge in [-0.3, -0.25) is 4.21 Å². The van der Waals surface area contributed by atoms with Crippen LogP contribution in [0.1, 0.15) is 6.42 Å². The first kappa shape index (κ1) is 4.06. The van der Waals surface area contributed by atoms with Crippen LogP contribution in [0, 0.1) is 0 Å². The second-order valence-electron chi connectivity index (χ2n) is 1.25. The van der Waals surface area contributed by atoms with Crippen molar-refractivity contribution in [1.29, 1.82) is 0 Å². The molecule has 6 heavy (non-hydrogen) atoms. The lowest BCUT2D eigenvalue weighted by Crippen LogP contribution is -1.80. The van der Waals surface area contributed by atoms with Crippen LogP contribution in [0.3, 0.4) is 0 Å². The molecule has 0 aromatic rings. The molecule has 1 heterocycles. The van der Waals surface area contributed by atoms with Crippen LogP contribution < -0.4 is 0 Å². The van der Waals surface area contributed by atoms with Crippen molar-refractivity contribution in [3.8, 4) is 0 Å². The molecule has 0 aromatic carbocycles. The SMILES string of the molecule is O=S1C=CCC1. The van der Waals surface area contributed by atoms with Crippen LogP contribution in [0.4, 0.5) is 0 Å². The molecule has 0 bridgehead atoms. The van der Waals surface area contributed by atoms with Gasteiger partial charge in [0.2, 0.25) is 0 Å². The topological polar surface area (TPSA) is 17.1 Å². The molecule has 0 radical (unpaired) electrons. The number of hydrogen-bond acceptors (Lipinski definition) is 1. The third-order valence-corrected chi connectivity index (χ3v) is 1.87. The highest BCUT2D eigenvalue weighted by atomic mass is 32.2. The highest BCUT2D eigenvalue weighted by molar-refractivity contribution is 7.88. The van der Waals surface area contributed by atoms with Gasteiger partial charge in [0.15, 0.2) is 0 Å². The summed E-state index contributed by atoms with van der Waals surface area (Å²) in [5.74, 6) is 0.847. The smallest absolute Gasteiger partial charge is 0.0455 e. The van der Waals surface area contributed by atoms with Crippen molar-refractivity contribution in [2.75, 3.05) is 5.75 Å². The summed E-state index contributed by atoms with van der Waals surface area (Å²) in [4.78, 5) is 0. The Morgan fingerprint density at radius 3 is 2.67 bits per heavy atom. The Morgan fingerprint density at radius 1 is 1.67 bits per heavy atom. The van der Waals surface area contributed by atoms with E-state index in [1.807, 2.05) is 6.08 Å². The van der Waals surface area contributed by atoms with E-state index in [4.69, 9.17) is 0 Å². The van der Waals surface area contributed by atoms with Crippen molar-refractivity contribution >= 4 is 10.8 Å². The van der Waals surface area contributed by atoms with Gasteiger partial charge in [-0.25, -0.2) is 0 Å². The predicted octanol–water partition coefficient (Wildman–Crippen LogP) is 0.652. The highest BCUT2D eigenvalue weighted by Crippen LogP contribution is 1.99. The van der Waals surface area contributed by atoms with E-state index < -0.39 is 10.8 Å². The zero-order valence-corrected chi connectivity index (χ0v) is 4.20. The van der Waals surface area contributed by atoms with E-state index in [9.17, 15) is 4.21 Å². The summed E-state index contributed by atoms with van der Waals surface area (Å²) in [5, 5.41) is 1.75. The van der Waals surface area contributed by atoms with E-state index in [0.29, 0.717) is 0 Å². The molecule has 0 fully saturated rings. The molecule has 1 atom stereocenters. The summed E-state index contributed by atoms with van der Waals surface area (Å²) in [6.45, 7) is 0. The monoisotopic (exact) mass is 102 g/mol. The lowest BCUT2D eigenvalue weighted by atomic mass is 10.5. The van der Waals surface area contributed by atoms with Crippen LogP contribution in [0.2, 0.25) is 0 Å². The van der Waals surface area contributed by atoms with Crippen LogP contribution in [0.5, 0.6) is 0 Å². The summed E-state index contributed by atoms with van der Waals surface area (Å²) in [6, 6.07) is 0. The van der Waals surface area contributed by atoms with Crippen molar-refractivity contribution in [3.63, 3.8) is 0 Å². The van der Waals surface area contributed by atoms with E-state index in [2.05, 4.69) is 0 Å². The van der Waals surface area contributed by atoms with E-state index in [0.717, 1.165) is 12.2 Å². The van der Waals surface area contributed by atoms with E-state index >= 15 is 0 Å². The molecule has 0 N–H and O–H groups in total. The molecule has 1 aliphatic heterocycles. The summed E-state index contributed by atoms with van der Waals surface area (Å²) in [6.07, 6.45) is 2.96. The van der Waals surface area contributed by atoms with Crippen LogP contribution in [-0.4, -0.2) is 9.96 Å². The van der Waals surface area contributed by atoms with Crippen LogP contribution in [0.15, 0.2) is 11.5 Å². The fourth-order valence-electron chi connectivity index (χ4n) is 0.428. The first-order valence-electron chi connectivity index (χ1n) is 1.93. The van der Waals surface area contributed by atoms with Crippen molar-refractivity contribution in [2.24, 2.45) is 0 Å². The van der Waals surface area contributed by atoms with Crippen molar-refractivity contribution in [2.45, 2.75) is 6.42 Å². The second kappa shape index (κ2) is 1.56. The van der Waals surface area contributed by atoms with E-state index in [-0.39, 0.29) is 0 Å². The van der Waals surface area contributed by atoms with Gasteiger partial charge in [-0.2, -0.15) is 0 Å². The maximum atomic E-state index is 10.3. The third kappa shape index (κ3) is 0.684. The quantitative estimate of drug-likeness (QED) is 0.439. The van der Waals surface area contributed by atoms with Gasteiger partial charge in [0, 0.05) is 16.6 Å². The summed E-state index contributed by atoms with van der Waals surface area (Å²) >= 11 is 0. The molecule has 1 nitrogen and oxygen atoms in total. The highest BCUT2D eigenvalue weighted by Gasteiger charge is 1.96. The van der Waals surface area contributed by atoms with Crippen molar-refractivity contribution < 1.29 is 4.21 Å². The van der Waals surface area contributed by atoms with Crippen molar-refractivity contribution in [3.05, 3.63) is 11.5 Å². The molecule has 0 saturated heterocycles. The zero-order chi connectivity index (χ0) is 4.41. The average molecular weight is 102 g/mol. The first-order chi connectivity index (χ1) is 2.89. The van der Waals surface area contributed by atoms with Gasteiger partial charge in [-0.1, -0.05) is 6.08 Å². The summed E-state index contributed by atoms with van der Waals surface area (Å²) in [5.41, 5.74) is 0. The molecule has 34 valence electrons. The van der Waals surface area contributed by atoms with Gasteiger partial charge in [0.1, 0.15) is 0 Å². The van der Waals surface area contributed by atoms with E-state index in [1.165, 1.54) is 0 Å². The summed E-state index contributed by atoms with van der Waals surface area (Å²) < 4.78 is 10.3. The Labute approximate surface area is 39.5 Å². The Kier molecular flexibility index (Phi) is 1.05. The van der Waals surface area contributed by atoms with Gasteiger partial charge in [0.25, 0.3) is 0 Å². The Bertz CT molecular complexity index is 95.7. The lowest BCUT2D eigenvalue weighted by molar-refractivity contribution is 0.689. The van der Waals surface area contributed by atoms with E-state index in [1.54, 1.807) is 5.41 Å². The predicted molar refractivity (Wildman–Crippen MR) is 26.8 cm³/mol. The molecule has 0 amide bonds. The normalized spacial score (nSPS) is 31.7. The number of rotatable bonds is 0. The fourth-order valence-corrected chi connectivity index (χ4v) is 1.28. The van der Waals surface area contributed by atoms with Crippen molar-refractivity contribution in [1.82, 2.24) is 0 Å². The molecular formula is C4H6OS. The minimum atomic E-state index is -0.603. The average Bonchev–Trinajstić information content (AvgIpc) is 1.86. The van der Waals surface area contributed by atoms with Gasteiger partial charge in [-0.05, 0) is 11.8 Å². The van der Waals surface area contributed by atoms with Crippen LogP contribution in [0.25, 0.3) is 0 Å². The third-order valence-electron chi connectivity index (χ3n) is 0.734. The van der Waals surface area contributed by atoms with Gasteiger partial charge >= 0.3 is 0 Å². The van der Waals surface area contributed by atoms with Crippen LogP contribution >= 0.6 is 0 Å². The molecule has 0 saturated carbocycles. The van der Waals surface area contributed by atoms with Crippen LogP contribution in [-0.2, 0) is 10.8 Å². The number of hydrogen-bond donors (Lipinski definition) is 0. The van der Waals surface area contributed by atoms with Gasteiger partial charge in [0.05, 0.1) is 0 Å². The maximum Gasteiger partial charge on any atom is 0.0455 e. The zero-order valence-electron chi connectivity index (χ0n) is 3.39. The fraction of sp³-hybridized carbons (Fsp3) is 0.500. The minimum Gasteiger partial charge on any atom is -0.255 e. The standard InChI is InChI=1S/C4H6OS/c5-6-3-1-2-4-6/h1,3H,2,4H2. The molecule has 0 spiro atoms. The number of allylic oxidation sites excluding steroid dienone is 1. The second-order valence-corrected chi connectivity index (χ2v) is 2.69. The molecule has 1 unspecified atom stereocenters. The molecule has 1 aliphatic rings. The Hall–Kier alpha value is -0.110. The molecular weight excluding hydrogens is 96.1 g/mol. The summed E-state index contributed by atoms with van der Waals surface area (Å²) in [7, 11) is -0.603. The molecule has 0 aromatic heterocycles. The Morgan fingerprint density at radius 2 is 2.50 bits per heavy atom. The van der Waals surface area contributed by atoms with Gasteiger partial charge < -0.3 is 0 Å².